The second-order valence-corrected chi connectivity index (χ2v) is 8.96. The zero-order chi connectivity index (χ0) is 15.0. The van der Waals surface area contributed by atoms with Gasteiger partial charge in [0.2, 0.25) is 10.0 Å². The van der Waals surface area contributed by atoms with Gasteiger partial charge in [0.1, 0.15) is 6.07 Å². The Hall–Kier alpha value is -1.14. The summed E-state index contributed by atoms with van der Waals surface area (Å²) in [6.45, 7) is -0.134. The monoisotopic (exact) mass is 334 g/mol. The first-order valence-electron chi connectivity index (χ1n) is 5.66. The van der Waals surface area contributed by atoms with E-state index in [0.29, 0.717) is 0 Å². The zero-order valence-corrected chi connectivity index (χ0v) is 12.7. The van der Waals surface area contributed by atoms with E-state index < -0.39 is 19.9 Å². The predicted molar refractivity (Wildman–Crippen MR) is 73.6 cm³/mol. The molecule has 0 radical (unpaired) electrons. The fourth-order valence-electron chi connectivity index (χ4n) is 1.83. The van der Waals surface area contributed by atoms with Gasteiger partial charge in [0, 0.05) is 13.1 Å². The van der Waals surface area contributed by atoms with Crippen molar-refractivity contribution in [3.05, 3.63) is 28.8 Å². The smallest absolute Gasteiger partial charge is 0.229 e. The first-order chi connectivity index (χ1) is 9.26. The van der Waals surface area contributed by atoms with E-state index in [2.05, 4.69) is 0 Å². The maximum absolute atomic E-state index is 12.3. The molecule has 0 saturated carbocycles. The van der Waals surface area contributed by atoms with Gasteiger partial charge in [-0.25, -0.2) is 16.8 Å². The molecule has 6 nitrogen and oxygen atoms in total. The second kappa shape index (κ2) is 5.33. The molecule has 0 aromatic heterocycles. The Balaban J connectivity index is 2.32. The molecule has 0 unspecified atom stereocenters. The van der Waals surface area contributed by atoms with Gasteiger partial charge in [0.15, 0.2) is 9.84 Å². The molecule has 2 rings (SSSR count). The van der Waals surface area contributed by atoms with E-state index >= 15 is 0 Å². The van der Waals surface area contributed by atoms with Crippen molar-refractivity contribution in [3.8, 4) is 6.07 Å². The number of sulfone groups is 1. The Bertz CT molecular complexity index is 767. The number of halogens is 1. The highest BCUT2D eigenvalue weighted by Gasteiger charge is 2.31. The summed E-state index contributed by atoms with van der Waals surface area (Å²) in [4.78, 5) is -0.0409. The number of hydrogen-bond acceptors (Lipinski definition) is 5. The summed E-state index contributed by atoms with van der Waals surface area (Å²) in [5.74, 6) is -0.369. The zero-order valence-electron chi connectivity index (χ0n) is 10.3. The van der Waals surface area contributed by atoms with Crippen LogP contribution in [0.5, 0.6) is 0 Å². The highest BCUT2D eigenvalue weighted by Crippen LogP contribution is 2.23. The van der Waals surface area contributed by atoms with Crippen molar-refractivity contribution in [3.63, 3.8) is 0 Å². The number of hydrogen-bond donors (Lipinski definition) is 0. The minimum Gasteiger partial charge on any atom is -0.229 e. The van der Waals surface area contributed by atoms with Crippen LogP contribution in [-0.2, 0) is 19.9 Å². The van der Waals surface area contributed by atoms with Crippen molar-refractivity contribution in [2.45, 2.75) is 4.90 Å². The molecule has 0 bridgehead atoms. The Labute approximate surface area is 122 Å². The van der Waals surface area contributed by atoms with Crippen molar-refractivity contribution in [2.24, 2.45) is 0 Å². The van der Waals surface area contributed by atoms with Crippen LogP contribution in [0.15, 0.2) is 23.1 Å². The molecule has 1 saturated heterocycles. The molecule has 0 amide bonds. The lowest BCUT2D eigenvalue weighted by Gasteiger charge is -2.26. The first kappa shape index (κ1) is 15.3. The third kappa shape index (κ3) is 2.96. The van der Waals surface area contributed by atoms with Gasteiger partial charge in [-0.1, -0.05) is 11.6 Å². The Kier molecular flexibility index (Phi) is 4.07. The molecule has 1 heterocycles. The maximum atomic E-state index is 12.3. The van der Waals surface area contributed by atoms with E-state index in [1.807, 2.05) is 6.07 Å². The lowest BCUT2D eigenvalue weighted by atomic mass is 10.2. The first-order valence-corrected chi connectivity index (χ1v) is 9.30. The SMILES string of the molecule is N#Cc1ccc(S(=O)(=O)N2CCS(=O)(=O)CC2)cc1Cl. The van der Waals surface area contributed by atoms with Crippen LogP contribution in [0.4, 0.5) is 0 Å². The molecule has 9 heteroatoms. The molecule has 0 spiro atoms. The summed E-state index contributed by atoms with van der Waals surface area (Å²) >= 11 is 5.82. The Morgan fingerprint density at radius 3 is 2.35 bits per heavy atom. The van der Waals surface area contributed by atoms with E-state index in [0.717, 1.165) is 4.31 Å². The predicted octanol–water partition coefficient (Wildman–Crippen LogP) is 0.631. The van der Waals surface area contributed by atoms with Crippen molar-refractivity contribution in [1.29, 1.82) is 5.26 Å². The van der Waals surface area contributed by atoms with E-state index in [1.165, 1.54) is 18.2 Å². The van der Waals surface area contributed by atoms with Gasteiger partial charge in [0.25, 0.3) is 0 Å². The number of nitriles is 1. The van der Waals surface area contributed by atoms with Gasteiger partial charge in [-0.3, -0.25) is 0 Å². The summed E-state index contributed by atoms with van der Waals surface area (Å²) in [7, 11) is -6.94. The second-order valence-electron chi connectivity index (χ2n) is 4.31. The molecule has 20 heavy (non-hydrogen) atoms. The van der Waals surface area contributed by atoms with Gasteiger partial charge >= 0.3 is 0 Å². The third-order valence-electron chi connectivity index (χ3n) is 3.00. The van der Waals surface area contributed by atoms with Crippen molar-refractivity contribution in [2.75, 3.05) is 24.6 Å². The number of sulfonamides is 1. The van der Waals surface area contributed by atoms with Gasteiger partial charge in [-0.05, 0) is 18.2 Å². The molecule has 1 aliphatic heterocycles. The van der Waals surface area contributed by atoms with Gasteiger partial charge in [-0.2, -0.15) is 9.57 Å². The van der Waals surface area contributed by atoms with Crippen LogP contribution in [0.2, 0.25) is 5.02 Å². The summed E-state index contributed by atoms with van der Waals surface area (Å²) in [6.07, 6.45) is 0. The maximum Gasteiger partial charge on any atom is 0.243 e. The molecule has 0 aliphatic carbocycles. The van der Waals surface area contributed by atoms with E-state index in [4.69, 9.17) is 16.9 Å². The van der Waals surface area contributed by atoms with Crippen LogP contribution in [0.25, 0.3) is 0 Å². The molecule has 0 atom stereocenters. The largest absolute Gasteiger partial charge is 0.243 e. The molecule has 1 aliphatic rings. The Morgan fingerprint density at radius 1 is 1.25 bits per heavy atom. The standard InChI is InChI=1S/C11H11ClN2O4S2/c12-11-7-10(2-1-9(11)8-13)20(17,18)14-3-5-19(15,16)6-4-14/h1-2,7H,3-6H2. The van der Waals surface area contributed by atoms with Gasteiger partial charge in [-0.15, -0.1) is 0 Å². The average molecular weight is 335 g/mol. The molecule has 1 aromatic carbocycles. The topological polar surface area (TPSA) is 95.3 Å². The minimum atomic E-state index is -3.78. The van der Waals surface area contributed by atoms with Gasteiger partial charge in [0.05, 0.1) is 27.0 Å². The summed E-state index contributed by atoms with van der Waals surface area (Å²) in [5.41, 5.74) is 0.187. The minimum absolute atomic E-state index is 0.0409. The lowest BCUT2D eigenvalue weighted by Crippen LogP contribution is -2.43. The quantitative estimate of drug-likeness (QED) is 0.790. The normalized spacial score (nSPS) is 19.4. The number of rotatable bonds is 2. The third-order valence-corrected chi connectivity index (χ3v) is 6.82. The molecule has 1 aromatic rings. The van der Waals surface area contributed by atoms with E-state index in [9.17, 15) is 16.8 Å². The van der Waals surface area contributed by atoms with Gasteiger partial charge < -0.3 is 0 Å². The van der Waals surface area contributed by atoms with Crippen LogP contribution in [-0.4, -0.2) is 45.7 Å². The van der Waals surface area contributed by atoms with Crippen LogP contribution in [0.3, 0.4) is 0 Å². The van der Waals surface area contributed by atoms with E-state index in [1.54, 1.807) is 0 Å². The highest BCUT2D eigenvalue weighted by molar-refractivity contribution is 7.92. The average Bonchev–Trinajstić information content (AvgIpc) is 2.38. The van der Waals surface area contributed by atoms with Crippen LogP contribution >= 0.6 is 11.6 Å². The molecule has 1 fully saturated rings. The molecular formula is C11H11ClN2O4S2. The Morgan fingerprint density at radius 2 is 1.85 bits per heavy atom. The lowest BCUT2D eigenvalue weighted by molar-refractivity contribution is 0.431. The van der Waals surface area contributed by atoms with Crippen molar-refractivity contribution in [1.82, 2.24) is 4.31 Å². The fraction of sp³-hybridized carbons (Fsp3) is 0.364. The summed E-state index contributed by atoms with van der Waals surface area (Å²) in [5, 5.41) is 8.81. The fourth-order valence-corrected chi connectivity index (χ4v) is 5.02. The van der Waals surface area contributed by atoms with Crippen LogP contribution in [0.1, 0.15) is 5.56 Å². The number of benzene rings is 1. The van der Waals surface area contributed by atoms with Crippen molar-refractivity contribution < 1.29 is 16.8 Å². The molecule has 108 valence electrons. The molecular weight excluding hydrogens is 324 g/mol. The number of nitrogens with zero attached hydrogens (tertiary/aromatic N) is 2. The van der Waals surface area contributed by atoms with Crippen LogP contribution in [0, 0.1) is 11.3 Å². The highest BCUT2D eigenvalue weighted by atomic mass is 35.5. The van der Waals surface area contributed by atoms with Crippen molar-refractivity contribution >= 4 is 31.5 Å². The summed E-state index contributed by atoms with van der Waals surface area (Å²) < 4.78 is 48.4. The van der Waals surface area contributed by atoms with E-state index in [-0.39, 0.29) is 40.1 Å². The summed E-state index contributed by atoms with van der Waals surface area (Å²) in [6, 6.07) is 5.68. The van der Waals surface area contributed by atoms with Crippen LogP contribution < -0.4 is 0 Å². The molecule has 0 N–H and O–H groups in total.